The normalized spacial score (nSPS) is 12.6. The summed E-state index contributed by atoms with van der Waals surface area (Å²) in [5.41, 5.74) is 20.9. The van der Waals surface area contributed by atoms with Gasteiger partial charge in [-0.25, -0.2) is 0 Å². The quantitative estimate of drug-likeness (QED) is 0.142. The molecule has 422 valence electrons. The molecule has 2 aromatic heterocycles. The Bertz CT molecular complexity index is 4480. The summed E-state index contributed by atoms with van der Waals surface area (Å²) in [6.45, 7) is 20.5. The van der Waals surface area contributed by atoms with Crippen LogP contribution in [0.2, 0.25) is 0 Å². The Hall–Kier alpha value is -9.09. The van der Waals surface area contributed by atoms with Gasteiger partial charge in [0.05, 0.1) is 5.69 Å². The summed E-state index contributed by atoms with van der Waals surface area (Å²) >= 11 is 2.50. The zero-order valence-electron chi connectivity index (χ0n) is 49.6. The number of imidazole rings is 1. The molecule has 0 saturated heterocycles. The van der Waals surface area contributed by atoms with Crippen molar-refractivity contribution in [2.45, 2.75) is 78.6 Å². The molecule has 1 aliphatic heterocycles. The third kappa shape index (κ3) is 10.4. The van der Waals surface area contributed by atoms with Gasteiger partial charge in [-0.1, -0.05) is 111 Å². The maximum absolute atomic E-state index is 7.16. The monoisotopic (exact) mass is 1280 g/mol. The van der Waals surface area contributed by atoms with E-state index in [4.69, 9.17) is 9.72 Å². The van der Waals surface area contributed by atoms with Crippen LogP contribution in [0, 0.1) is 15.9 Å². The average Bonchev–Trinajstić information content (AvgIpc) is 3.98. The Labute approximate surface area is 511 Å². The van der Waals surface area contributed by atoms with Gasteiger partial charge in [0.1, 0.15) is 0 Å². The topological polar surface area (TPSA) is 38.5 Å². The number of hydrogen-bond acceptors (Lipinski definition) is 4. The molecule has 13 rings (SSSR count). The third-order valence-corrected chi connectivity index (χ3v) is 17.3. The summed E-state index contributed by atoms with van der Waals surface area (Å²) in [4.78, 5) is 10.1. The van der Waals surface area contributed by atoms with E-state index in [-0.39, 0.29) is 16.2 Å². The molecule has 0 spiro atoms. The molecule has 0 aliphatic carbocycles. The van der Waals surface area contributed by atoms with E-state index in [2.05, 4.69) is 343 Å². The van der Waals surface area contributed by atoms with Crippen molar-refractivity contribution in [2.24, 2.45) is 0 Å². The number of ether oxygens (including phenoxy) is 1. The van der Waals surface area contributed by atoms with Crippen LogP contribution in [-0.4, -0.2) is 14.1 Å². The number of benzene rings is 10. The van der Waals surface area contributed by atoms with Crippen molar-refractivity contribution in [3.05, 3.63) is 275 Å². The average molecular weight is 1290 g/mol. The Balaban J connectivity index is 1.04. The molecule has 0 fully saturated rings. The van der Waals surface area contributed by atoms with E-state index in [1.54, 1.807) is 0 Å². The van der Waals surface area contributed by atoms with Crippen LogP contribution in [0.4, 0.5) is 34.3 Å². The molecular weight excluding hydrogens is 1220 g/mol. The summed E-state index contributed by atoms with van der Waals surface area (Å²) < 4.78 is 12.8. The zero-order valence-corrected chi connectivity index (χ0v) is 51.8. The Kier molecular flexibility index (Phi) is 14.2. The number of aromatic nitrogens is 3. The molecule has 0 radical (unpaired) electrons. The van der Waals surface area contributed by atoms with Crippen LogP contribution >= 0.6 is 0 Å². The van der Waals surface area contributed by atoms with Gasteiger partial charge < -0.3 is 4.90 Å². The van der Waals surface area contributed by atoms with Gasteiger partial charge in [0.25, 0.3) is 0 Å². The standard InChI is InChI=1S/C78H67N5O.Pt/c1-76(2,3)55-39-43-69-66(47-55)64-33-19-20-36-68(64)83(74-49-57(45-46-79-74)78(7,8)9)73-51-61(41-42-65(73)67-48-56(77(4,5)6)40-44-70(67)82(69)58-29-17-12-18-30-58)84-60-32-23-31-59(50-60)80-52-81(72-38-22-21-37-71(72)80)75-62(53-25-13-10-14-26-53)34-24-35-63(75)54-27-15-11-16-28-54;/h10-49H,1-9H3;/q-2;. The fourth-order valence-electron chi connectivity index (χ4n) is 11.8. The minimum atomic E-state index is -0.165. The molecule has 0 saturated carbocycles. The van der Waals surface area contributed by atoms with Gasteiger partial charge in [0.15, 0.2) is 0 Å². The summed E-state index contributed by atoms with van der Waals surface area (Å²) in [5, 5.41) is 0. The number of hydrogen-bond donors (Lipinski definition) is 0. The van der Waals surface area contributed by atoms with Crippen LogP contribution in [0.15, 0.2) is 243 Å². The Morgan fingerprint density at radius 1 is 0.388 bits per heavy atom. The Morgan fingerprint density at radius 3 is 1.49 bits per heavy atom. The van der Waals surface area contributed by atoms with E-state index in [0.29, 0.717) is 11.5 Å². The second kappa shape index (κ2) is 21.8. The zero-order chi connectivity index (χ0) is 58.8. The number of para-hydroxylation sites is 5. The minimum absolute atomic E-state index is 0.132. The predicted molar refractivity (Wildman–Crippen MR) is 349 cm³/mol. The SMILES string of the molecule is CC(C)(C)c1ccnc(N2c3[c-]c(Oc4[c-]c(-n5[c](=[Pt])n(-c6c(-c7ccccc7)cccc6-c6ccccc6)c6ccccc65)ccc4)ccc3-c3cc(C(C)(C)C)ccc3N(c3ccccc3)c3ccc(C(C)(C)C)cc3-c3ccccc32)c1. The molecule has 6 nitrogen and oxygen atoms in total. The first-order chi connectivity index (χ1) is 41.0. The molecule has 0 atom stereocenters. The van der Waals surface area contributed by atoms with Gasteiger partial charge >= 0.3 is 306 Å². The molecule has 85 heavy (non-hydrogen) atoms. The van der Waals surface area contributed by atoms with Crippen molar-refractivity contribution in [1.82, 2.24) is 14.1 Å². The molecule has 0 N–H and O–H groups in total. The van der Waals surface area contributed by atoms with Gasteiger partial charge in [-0.2, -0.15) is 0 Å². The number of anilines is 6. The number of rotatable bonds is 8. The number of nitrogens with zero attached hydrogens (tertiary/aromatic N) is 5. The van der Waals surface area contributed by atoms with Gasteiger partial charge in [-0.3, -0.25) is 0 Å². The van der Waals surface area contributed by atoms with Gasteiger partial charge in [-0.15, -0.1) is 0 Å². The summed E-state index contributed by atoms with van der Waals surface area (Å²) in [5.74, 6) is 1.86. The van der Waals surface area contributed by atoms with Crippen LogP contribution in [0.1, 0.15) is 79.0 Å². The van der Waals surface area contributed by atoms with E-state index in [9.17, 15) is 0 Å². The molecule has 0 unspecified atom stereocenters. The first kappa shape index (κ1) is 55.1. The second-order valence-corrected chi connectivity index (χ2v) is 26.1. The van der Waals surface area contributed by atoms with E-state index in [0.717, 1.165) is 105 Å². The van der Waals surface area contributed by atoms with E-state index in [1.807, 2.05) is 12.3 Å². The summed E-state index contributed by atoms with van der Waals surface area (Å²) in [6.07, 6.45) is 1.95. The first-order valence-corrected chi connectivity index (χ1v) is 30.3. The maximum atomic E-state index is 7.16. The van der Waals surface area contributed by atoms with Crippen molar-refractivity contribution < 1.29 is 24.1 Å². The fraction of sp³-hybridized carbons (Fsp3) is 0.154. The van der Waals surface area contributed by atoms with Crippen molar-refractivity contribution in [3.8, 4) is 67.4 Å². The van der Waals surface area contributed by atoms with Crippen LogP contribution in [0.25, 0.3) is 66.9 Å². The first-order valence-electron chi connectivity index (χ1n) is 29.2. The van der Waals surface area contributed by atoms with Crippen LogP contribution in [-0.2, 0) is 35.6 Å². The van der Waals surface area contributed by atoms with Gasteiger partial charge in [-0.05, 0) is 69.3 Å². The molecule has 0 bridgehead atoms. The molecule has 7 heteroatoms. The van der Waals surface area contributed by atoms with Crippen molar-refractivity contribution in [1.29, 1.82) is 0 Å². The molecular formula is C78H67N5OPt-2. The van der Waals surface area contributed by atoms with Gasteiger partial charge in [0, 0.05) is 17.4 Å². The molecule has 3 heterocycles. The molecule has 1 aliphatic rings. The van der Waals surface area contributed by atoms with Crippen molar-refractivity contribution in [3.63, 3.8) is 0 Å². The second-order valence-electron chi connectivity index (χ2n) is 25.1. The molecule has 0 amide bonds. The summed E-state index contributed by atoms with van der Waals surface area (Å²) in [7, 11) is 0. The van der Waals surface area contributed by atoms with Gasteiger partial charge in [0.2, 0.25) is 0 Å². The van der Waals surface area contributed by atoms with Crippen LogP contribution < -0.4 is 14.5 Å². The van der Waals surface area contributed by atoms with Crippen molar-refractivity contribution >= 4 is 45.3 Å². The number of fused-ring (bicyclic) bond motifs is 7. The van der Waals surface area contributed by atoms with Crippen LogP contribution in [0.3, 0.4) is 0 Å². The third-order valence-electron chi connectivity index (χ3n) is 16.3. The molecule has 10 aromatic carbocycles. The van der Waals surface area contributed by atoms with E-state index < -0.39 is 0 Å². The Morgan fingerprint density at radius 2 is 0.882 bits per heavy atom. The fourth-order valence-corrected chi connectivity index (χ4v) is 12.8. The molecule has 12 aromatic rings. The van der Waals surface area contributed by atoms with E-state index in [1.165, 1.54) is 16.7 Å². The summed E-state index contributed by atoms with van der Waals surface area (Å²) in [6, 6.07) is 92.8. The van der Waals surface area contributed by atoms with Crippen molar-refractivity contribution in [2.75, 3.05) is 9.80 Å². The van der Waals surface area contributed by atoms with Crippen LogP contribution in [0.5, 0.6) is 11.5 Å². The number of pyridine rings is 1. The van der Waals surface area contributed by atoms with E-state index >= 15 is 0 Å². The predicted octanol–water partition coefficient (Wildman–Crippen LogP) is 21.1.